The number of azo groups is 1. The van der Waals surface area contributed by atoms with Gasteiger partial charge in [0.05, 0.1) is 5.69 Å². The molecule has 146 valence electrons. The molecule has 0 amide bonds. The molecule has 0 spiro atoms. The second kappa shape index (κ2) is 8.20. The summed E-state index contributed by atoms with van der Waals surface area (Å²) < 4.78 is 38.1. The van der Waals surface area contributed by atoms with Crippen LogP contribution in [0.25, 0.3) is 5.32 Å². The number of hydrogen-bond acceptors (Lipinski definition) is 6. The summed E-state index contributed by atoms with van der Waals surface area (Å²) in [5, 5.41) is 19.6. The van der Waals surface area contributed by atoms with Crippen LogP contribution in [0.1, 0.15) is 25.8 Å². The molecule has 2 aromatic rings. The van der Waals surface area contributed by atoms with E-state index in [0.29, 0.717) is 16.7 Å². The summed E-state index contributed by atoms with van der Waals surface area (Å²) in [4.78, 5) is 2.21. The van der Waals surface area contributed by atoms with Crippen molar-refractivity contribution in [3.8, 4) is 0 Å². The van der Waals surface area contributed by atoms with Gasteiger partial charge in [-0.2, -0.15) is 13.2 Å². The first-order valence-corrected chi connectivity index (χ1v) is 9.54. The Labute approximate surface area is 159 Å². The zero-order valence-corrected chi connectivity index (χ0v) is 15.9. The lowest BCUT2D eigenvalue weighted by atomic mass is 9.99. The van der Waals surface area contributed by atoms with E-state index in [0.717, 1.165) is 37.2 Å². The van der Waals surface area contributed by atoms with Crippen LogP contribution in [0.4, 0.5) is 35.4 Å². The molecule has 10 heteroatoms. The molecular formula is C17H20F3N6S-. The molecule has 0 fully saturated rings. The van der Waals surface area contributed by atoms with Crippen LogP contribution in [0, 0.1) is 5.92 Å². The smallest absolute Gasteiger partial charge is 0.373 e. The van der Waals surface area contributed by atoms with Crippen molar-refractivity contribution >= 4 is 33.5 Å². The highest BCUT2D eigenvalue weighted by molar-refractivity contribution is 7.13. The lowest BCUT2D eigenvalue weighted by Gasteiger charge is -2.35. The van der Waals surface area contributed by atoms with Crippen LogP contribution >= 0.6 is 11.3 Å². The molecule has 1 aromatic heterocycles. The number of aromatic nitrogens is 2. The van der Waals surface area contributed by atoms with Crippen molar-refractivity contribution < 1.29 is 13.2 Å². The average Bonchev–Trinajstić information content (AvgIpc) is 3.10. The molecule has 0 unspecified atom stereocenters. The second-order valence-corrected chi connectivity index (χ2v) is 7.58. The number of anilines is 1. The van der Waals surface area contributed by atoms with Gasteiger partial charge in [-0.15, -0.1) is 26.1 Å². The molecule has 0 N–H and O–H groups in total. The summed E-state index contributed by atoms with van der Waals surface area (Å²) in [6.45, 7) is 4.71. The molecule has 1 aromatic carbocycles. The van der Waals surface area contributed by atoms with Crippen molar-refractivity contribution in [2.24, 2.45) is 16.1 Å². The molecular weight excluding hydrogens is 377 g/mol. The Morgan fingerprint density at radius 3 is 2.78 bits per heavy atom. The SMILES string of the molecule is CC(C)CN1CCCc2cc(N=Nc3nncs3)c([N-]CC(F)(F)F)cc21. The van der Waals surface area contributed by atoms with Gasteiger partial charge in [-0.1, -0.05) is 31.3 Å². The number of hydrogen-bond donors (Lipinski definition) is 0. The maximum Gasteiger partial charge on any atom is 0.373 e. The standard InChI is InChI=1S/C17H20F3N6S/c1-11(2)8-26-5-3-4-12-6-14(23-25-16-24-22-10-27-16)13(7-15(12)26)21-9-17(18,19)20/h6-7,10-11H,3-5,8-9H2,1-2H3/q-1. The Balaban J connectivity index is 1.95. The first-order chi connectivity index (χ1) is 12.8. The third-order valence-corrected chi connectivity index (χ3v) is 4.57. The number of rotatable bonds is 6. The molecule has 0 radical (unpaired) electrons. The fourth-order valence-corrected chi connectivity index (χ4v) is 3.37. The van der Waals surface area contributed by atoms with Gasteiger partial charge < -0.3 is 10.2 Å². The van der Waals surface area contributed by atoms with Crippen molar-refractivity contribution in [3.05, 3.63) is 28.5 Å². The first kappa shape index (κ1) is 19.5. The Bertz CT molecular complexity index is 789. The van der Waals surface area contributed by atoms with Crippen molar-refractivity contribution in [1.82, 2.24) is 10.2 Å². The Morgan fingerprint density at radius 2 is 2.11 bits per heavy atom. The maximum atomic E-state index is 12.7. The van der Waals surface area contributed by atoms with E-state index in [1.165, 1.54) is 16.8 Å². The summed E-state index contributed by atoms with van der Waals surface area (Å²) in [7, 11) is 0. The molecule has 1 aliphatic rings. The fourth-order valence-electron chi connectivity index (χ4n) is 3.00. The van der Waals surface area contributed by atoms with E-state index < -0.39 is 12.7 Å². The van der Waals surface area contributed by atoms with Crippen LogP contribution in [0.5, 0.6) is 0 Å². The quantitative estimate of drug-likeness (QED) is 0.567. The zero-order chi connectivity index (χ0) is 19.4. The zero-order valence-electron chi connectivity index (χ0n) is 15.1. The Hall–Kier alpha value is -2.23. The van der Waals surface area contributed by atoms with Crippen LogP contribution in [0.2, 0.25) is 0 Å². The van der Waals surface area contributed by atoms with E-state index in [9.17, 15) is 13.2 Å². The van der Waals surface area contributed by atoms with Gasteiger partial charge in [-0.3, -0.25) is 0 Å². The third kappa shape index (κ3) is 5.38. The summed E-state index contributed by atoms with van der Waals surface area (Å²) in [6, 6.07) is 3.50. The van der Waals surface area contributed by atoms with E-state index in [1.807, 2.05) is 0 Å². The van der Waals surface area contributed by atoms with Gasteiger partial charge in [0.15, 0.2) is 0 Å². The van der Waals surface area contributed by atoms with E-state index in [4.69, 9.17) is 0 Å². The van der Waals surface area contributed by atoms with Crippen LogP contribution in [0.15, 0.2) is 27.9 Å². The molecule has 0 saturated carbocycles. The summed E-state index contributed by atoms with van der Waals surface area (Å²) in [6.07, 6.45) is -2.53. The van der Waals surface area contributed by atoms with Crippen molar-refractivity contribution in [3.63, 3.8) is 0 Å². The summed E-state index contributed by atoms with van der Waals surface area (Å²) in [5.41, 5.74) is 4.01. The highest BCUT2D eigenvalue weighted by Gasteiger charge is 2.22. The monoisotopic (exact) mass is 397 g/mol. The molecule has 3 rings (SSSR count). The number of aryl methyl sites for hydroxylation is 1. The van der Waals surface area contributed by atoms with E-state index >= 15 is 0 Å². The second-order valence-electron chi connectivity index (χ2n) is 6.77. The third-order valence-electron chi connectivity index (χ3n) is 4.00. The Morgan fingerprint density at radius 1 is 1.30 bits per heavy atom. The lowest BCUT2D eigenvalue weighted by Crippen LogP contribution is -2.32. The minimum Gasteiger partial charge on any atom is -0.675 e. The minimum atomic E-state index is -4.37. The van der Waals surface area contributed by atoms with Crippen LogP contribution < -0.4 is 4.90 Å². The summed E-state index contributed by atoms with van der Waals surface area (Å²) in [5.74, 6) is 0.447. The molecule has 0 bridgehead atoms. The van der Waals surface area contributed by atoms with E-state index in [-0.39, 0.29) is 5.69 Å². The molecule has 6 nitrogen and oxygen atoms in total. The predicted octanol–water partition coefficient (Wildman–Crippen LogP) is 5.93. The van der Waals surface area contributed by atoms with Crippen LogP contribution in [0.3, 0.4) is 0 Å². The number of benzene rings is 1. The van der Waals surface area contributed by atoms with Crippen molar-refractivity contribution in [2.45, 2.75) is 32.9 Å². The molecule has 1 aliphatic heterocycles. The highest BCUT2D eigenvalue weighted by atomic mass is 32.1. The molecule has 27 heavy (non-hydrogen) atoms. The van der Waals surface area contributed by atoms with Crippen molar-refractivity contribution in [1.29, 1.82) is 0 Å². The molecule has 0 atom stereocenters. The summed E-state index contributed by atoms with van der Waals surface area (Å²) >= 11 is 1.20. The van der Waals surface area contributed by atoms with Crippen molar-refractivity contribution in [2.75, 3.05) is 24.5 Å². The number of nitrogens with zero attached hydrogens (tertiary/aromatic N) is 6. The number of alkyl halides is 3. The molecule has 0 aliphatic carbocycles. The van der Waals surface area contributed by atoms with Crippen LogP contribution in [-0.2, 0) is 6.42 Å². The largest absolute Gasteiger partial charge is 0.675 e. The number of fused-ring (bicyclic) bond motifs is 1. The maximum absolute atomic E-state index is 12.7. The molecule has 0 saturated heterocycles. The van der Waals surface area contributed by atoms with Crippen LogP contribution in [-0.4, -0.2) is 36.0 Å². The Kier molecular flexibility index (Phi) is 5.93. The average molecular weight is 397 g/mol. The van der Waals surface area contributed by atoms with Gasteiger partial charge >= 0.3 is 6.18 Å². The van der Waals surface area contributed by atoms with E-state index in [1.54, 1.807) is 12.1 Å². The van der Waals surface area contributed by atoms with Gasteiger partial charge in [0, 0.05) is 18.8 Å². The highest BCUT2D eigenvalue weighted by Crippen LogP contribution is 2.42. The number of halogens is 3. The van der Waals surface area contributed by atoms with Gasteiger partial charge in [0.1, 0.15) is 5.51 Å². The fraction of sp³-hybridized carbons (Fsp3) is 0.529. The predicted molar refractivity (Wildman–Crippen MR) is 99.8 cm³/mol. The lowest BCUT2D eigenvalue weighted by molar-refractivity contribution is -0.113. The minimum absolute atomic E-state index is 0.190. The molecule has 2 heterocycles. The normalized spacial score (nSPS) is 14.8. The topological polar surface area (TPSA) is 67.8 Å². The first-order valence-electron chi connectivity index (χ1n) is 8.66. The van der Waals surface area contributed by atoms with Gasteiger partial charge in [0.2, 0.25) is 0 Å². The van der Waals surface area contributed by atoms with E-state index in [2.05, 4.69) is 44.5 Å². The van der Waals surface area contributed by atoms with Gasteiger partial charge in [-0.05, 0) is 36.9 Å². The van der Waals surface area contributed by atoms with Gasteiger partial charge in [-0.25, -0.2) is 0 Å². The van der Waals surface area contributed by atoms with Gasteiger partial charge in [0.25, 0.3) is 5.13 Å².